The van der Waals surface area contributed by atoms with Crippen molar-refractivity contribution >= 4 is 23.9 Å². The van der Waals surface area contributed by atoms with Crippen molar-refractivity contribution in [3.8, 4) is 0 Å². The van der Waals surface area contributed by atoms with Gasteiger partial charge in [0, 0.05) is 0 Å². The van der Waals surface area contributed by atoms with E-state index in [9.17, 15) is 22.0 Å². The molecule has 0 aliphatic rings. The second-order valence-electron chi connectivity index (χ2n) is 3.21. The maximum absolute atomic E-state index is 13.3. The molecule has 1 aromatic heterocycles. The molecule has 0 saturated heterocycles. The average molecular weight is 324 g/mol. The Hall–Kier alpha value is -1.46. The zero-order chi connectivity index (χ0) is 13.3. The maximum atomic E-state index is 13.3. The summed E-state index contributed by atoms with van der Waals surface area (Å²) in [4.78, 5) is 2.46. The second kappa shape index (κ2) is 5.04. The van der Waals surface area contributed by atoms with Crippen LogP contribution in [0.3, 0.4) is 0 Å². The topological polar surface area (TPSA) is 12.9 Å². The molecule has 0 radical (unpaired) electrons. The van der Waals surface area contributed by atoms with Crippen LogP contribution in [0.25, 0.3) is 0 Å². The van der Waals surface area contributed by atoms with Crippen LogP contribution < -0.4 is 8.92 Å². The molecule has 2 rings (SSSR count). The summed E-state index contributed by atoms with van der Waals surface area (Å²) in [7, 11) is 0. The normalized spacial score (nSPS) is 10.7. The second-order valence-corrected chi connectivity index (χ2v) is 5.48. The zero-order valence-corrected chi connectivity index (χ0v) is 10.3. The van der Waals surface area contributed by atoms with E-state index in [2.05, 4.69) is 4.98 Å². The van der Waals surface area contributed by atoms with Crippen molar-refractivity contribution in [1.29, 1.82) is 0 Å². The van der Waals surface area contributed by atoms with E-state index >= 15 is 0 Å². The van der Waals surface area contributed by atoms with Crippen molar-refractivity contribution in [3.05, 3.63) is 53.6 Å². The SMILES string of the molecule is Fc1ccc([Se]c2c(F)c(F)nc(F)c2F)cc1. The summed E-state index contributed by atoms with van der Waals surface area (Å²) >= 11 is -1.02. The van der Waals surface area contributed by atoms with Crippen molar-refractivity contribution < 1.29 is 22.0 Å². The number of aromatic nitrogens is 1. The van der Waals surface area contributed by atoms with Gasteiger partial charge in [0.05, 0.1) is 0 Å². The minimum atomic E-state index is -1.69. The molecule has 94 valence electrons. The molecule has 0 fully saturated rings. The van der Waals surface area contributed by atoms with Crippen LogP contribution in [0.1, 0.15) is 0 Å². The predicted octanol–water partition coefficient (Wildman–Crippen LogP) is 1.43. The molecule has 0 spiro atoms. The molecule has 18 heavy (non-hydrogen) atoms. The zero-order valence-electron chi connectivity index (χ0n) is 8.55. The molecule has 0 atom stereocenters. The van der Waals surface area contributed by atoms with E-state index in [1.54, 1.807) is 0 Å². The number of hydrogen-bond acceptors (Lipinski definition) is 1. The monoisotopic (exact) mass is 325 g/mol. The van der Waals surface area contributed by atoms with Crippen LogP contribution in [-0.4, -0.2) is 19.9 Å². The van der Waals surface area contributed by atoms with Gasteiger partial charge in [-0.1, -0.05) is 0 Å². The van der Waals surface area contributed by atoms with Crippen LogP contribution >= 0.6 is 0 Å². The number of pyridine rings is 1. The fraction of sp³-hybridized carbons (Fsp3) is 0. The molecular formula is C11H4F5NSe. The van der Waals surface area contributed by atoms with E-state index in [4.69, 9.17) is 0 Å². The first-order valence-electron chi connectivity index (χ1n) is 4.62. The summed E-state index contributed by atoms with van der Waals surface area (Å²) in [6.45, 7) is 0. The van der Waals surface area contributed by atoms with E-state index in [1.165, 1.54) is 12.1 Å². The quantitative estimate of drug-likeness (QED) is 0.463. The van der Waals surface area contributed by atoms with E-state index < -0.39 is 48.8 Å². The Balaban J connectivity index is 2.42. The van der Waals surface area contributed by atoms with Gasteiger partial charge in [0.1, 0.15) is 0 Å². The van der Waals surface area contributed by atoms with Gasteiger partial charge in [-0.3, -0.25) is 0 Å². The molecule has 7 heteroatoms. The number of benzene rings is 1. The van der Waals surface area contributed by atoms with Gasteiger partial charge in [-0.2, -0.15) is 0 Å². The third-order valence-electron chi connectivity index (χ3n) is 1.99. The van der Waals surface area contributed by atoms with Crippen LogP contribution in [0.2, 0.25) is 0 Å². The molecular weight excluding hydrogens is 320 g/mol. The summed E-state index contributed by atoms with van der Waals surface area (Å²) in [5.74, 6) is -6.92. The number of halogens is 5. The summed E-state index contributed by atoms with van der Waals surface area (Å²) in [6, 6.07) is 4.79. The number of hydrogen-bond donors (Lipinski definition) is 0. The van der Waals surface area contributed by atoms with Gasteiger partial charge < -0.3 is 0 Å². The predicted molar refractivity (Wildman–Crippen MR) is 55.5 cm³/mol. The fourth-order valence-corrected chi connectivity index (χ4v) is 2.97. The Bertz CT molecular complexity index is 559. The van der Waals surface area contributed by atoms with Gasteiger partial charge >= 0.3 is 104 Å². The molecule has 0 unspecified atom stereocenters. The van der Waals surface area contributed by atoms with Crippen LogP contribution in [0.5, 0.6) is 0 Å². The van der Waals surface area contributed by atoms with E-state index in [1.807, 2.05) is 0 Å². The van der Waals surface area contributed by atoms with Crippen LogP contribution in [0.15, 0.2) is 24.3 Å². The molecule has 2 aromatic rings. The van der Waals surface area contributed by atoms with Crippen LogP contribution in [0, 0.1) is 29.3 Å². The van der Waals surface area contributed by atoms with Crippen LogP contribution in [-0.2, 0) is 0 Å². The molecule has 1 heterocycles. The van der Waals surface area contributed by atoms with Gasteiger partial charge in [0.2, 0.25) is 0 Å². The van der Waals surface area contributed by atoms with E-state index in [0.29, 0.717) is 4.46 Å². The Morgan fingerprint density at radius 1 is 0.778 bits per heavy atom. The molecule has 0 bridgehead atoms. The Morgan fingerprint density at radius 2 is 1.28 bits per heavy atom. The molecule has 0 aliphatic carbocycles. The van der Waals surface area contributed by atoms with Gasteiger partial charge in [0.15, 0.2) is 0 Å². The molecule has 1 aromatic carbocycles. The van der Waals surface area contributed by atoms with Crippen molar-refractivity contribution in [2.24, 2.45) is 0 Å². The molecule has 0 N–H and O–H groups in total. The van der Waals surface area contributed by atoms with Gasteiger partial charge in [-0.15, -0.1) is 0 Å². The first kappa shape index (κ1) is 13.0. The fourth-order valence-electron chi connectivity index (χ4n) is 1.18. The molecule has 0 aliphatic heterocycles. The Kier molecular flexibility index (Phi) is 3.63. The molecule has 1 nitrogen and oxygen atoms in total. The first-order chi connectivity index (χ1) is 8.49. The summed E-state index contributed by atoms with van der Waals surface area (Å²) < 4.78 is 64.6. The number of rotatable bonds is 2. The van der Waals surface area contributed by atoms with Gasteiger partial charge in [-0.05, 0) is 0 Å². The van der Waals surface area contributed by atoms with E-state index in [-0.39, 0.29) is 0 Å². The van der Waals surface area contributed by atoms with E-state index in [0.717, 1.165) is 12.1 Å². The molecule has 0 amide bonds. The Labute approximate surface area is 105 Å². The first-order valence-corrected chi connectivity index (χ1v) is 6.33. The van der Waals surface area contributed by atoms with Gasteiger partial charge in [-0.25, -0.2) is 0 Å². The minimum absolute atomic E-state index is 0.381. The summed E-state index contributed by atoms with van der Waals surface area (Å²) in [6.07, 6.45) is 0. The Morgan fingerprint density at radius 3 is 1.78 bits per heavy atom. The third kappa shape index (κ3) is 2.52. The average Bonchev–Trinajstić information content (AvgIpc) is 2.34. The standard InChI is InChI=1S/C11H4F5NSe/c12-5-1-3-6(4-2-5)18-9-7(13)10(15)17-11(16)8(9)14/h1-4H. The van der Waals surface area contributed by atoms with Crippen molar-refractivity contribution in [2.45, 2.75) is 0 Å². The summed E-state index contributed by atoms with van der Waals surface area (Å²) in [5, 5.41) is 0. The summed E-state index contributed by atoms with van der Waals surface area (Å²) in [5.41, 5.74) is 0. The third-order valence-corrected chi connectivity index (χ3v) is 4.24. The van der Waals surface area contributed by atoms with Gasteiger partial charge in [0.25, 0.3) is 0 Å². The molecule has 0 saturated carbocycles. The van der Waals surface area contributed by atoms with Crippen molar-refractivity contribution in [3.63, 3.8) is 0 Å². The van der Waals surface area contributed by atoms with Crippen molar-refractivity contribution in [1.82, 2.24) is 4.98 Å². The van der Waals surface area contributed by atoms with Crippen LogP contribution in [0.4, 0.5) is 22.0 Å². The van der Waals surface area contributed by atoms with Crippen molar-refractivity contribution in [2.75, 3.05) is 0 Å². The number of nitrogens with zero attached hydrogens (tertiary/aromatic N) is 1.